The second-order valence-corrected chi connectivity index (χ2v) is 3.18. The van der Waals surface area contributed by atoms with Crippen molar-refractivity contribution in [3.05, 3.63) is 23.8 Å². The molecule has 0 spiro atoms. The number of hydrogen-bond acceptors (Lipinski definition) is 5. The Balaban J connectivity index is 2.44. The molecule has 0 saturated heterocycles. The first kappa shape index (κ1) is 12.3. The van der Waals surface area contributed by atoms with Gasteiger partial charge in [-0.1, -0.05) is 0 Å². The summed E-state index contributed by atoms with van der Waals surface area (Å²) in [6.07, 6.45) is 0. The molecule has 0 aliphatic carbocycles. The Morgan fingerprint density at radius 1 is 1.44 bits per heavy atom. The SMILES string of the molecule is N#Cc1ccc(N)c(NCCOCCO)c1. The van der Waals surface area contributed by atoms with Crippen molar-refractivity contribution >= 4 is 11.4 Å². The number of anilines is 2. The van der Waals surface area contributed by atoms with E-state index in [4.69, 9.17) is 20.8 Å². The molecule has 0 fully saturated rings. The number of nitrogens with zero attached hydrogens (tertiary/aromatic N) is 1. The van der Waals surface area contributed by atoms with Crippen LogP contribution in [0.25, 0.3) is 0 Å². The summed E-state index contributed by atoms with van der Waals surface area (Å²) in [5.74, 6) is 0. The first-order valence-corrected chi connectivity index (χ1v) is 5.00. The van der Waals surface area contributed by atoms with Crippen LogP contribution in [0.15, 0.2) is 18.2 Å². The Morgan fingerprint density at radius 2 is 2.25 bits per heavy atom. The maximum atomic E-state index is 8.72. The number of hydrogen-bond donors (Lipinski definition) is 3. The molecule has 86 valence electrons. The van der Waals surface area contributed by atoms with Gasteiger partial charge in [0.2, 0.25) is 0 Å². The molecule has 5 nitrogen and oxygen atoms in total. The lowest BCUT2D eigenvalue weighted by Crippen LogP contribution is -2.12. The predicted octanol–water partition coefficient (Wildman–Crippen LogP) is 0.561. The van der Waals surface area contributed by atoms with Gasteiger partial charge in [-0.05, 0) is 18.2 Å². The molecule has 0 unspecified atom stereocenters. The summed E-state index contributed by atoms with van der Waals surface area (Å²) in [7, 11) is 0. The minimum Gasteiger partial charge on any atom is -0.397 e. The van der Waals surface area contributed by atoms with Crippen LogP contribution in [-0.2, 0) is 4.74 Å². The Kier molecular flexibility index (Phi) is 5.12. The third-order valence-electron chi connectivity index (χ3n) is 1.98. The maximum Gasteiger partial charge on any atom is 0.0992 e. The molecule has 0 aromatic heterocycles. The van der Waals surface area contributed by atoms with E-state index in [1.165, 1.54) is 0 Å². The van der Waals surface area contributed by atoms with Gasteiger partial charge in [0.1, 0.15) is 0 Å². The Hall–Kier alpha value is -1.77. The molecule has 1 aromatic rings. The molecule has 0 bridgehead atoms. The van der Waals surface area contributed by atoms with Gasteiger partial charge in [-0.3, -0.25) is 0 Å². The lowest BCUT2D eigenvalue weighted by molar-refractivity contribution is 0.0992. The van der Waals surface area contributed by atoms with Gasteiger partial charge in [0.05, 0.1) is 42.8 Å². The van der Waals surface area contributed by atoms with Crippen LogP contribution in [0.4, 0.5) is 11.4 Å². The minimum absolute atomic E-state index is 0.0199. The number of aliphatic hydroxyl groups is 1. The molecular weight excluding hydrogens is 206 g/mol. The number of ether oxygens (including phenoxy) is 1. The van der Waals surface area contributed by atoms with Crippen LogP contribution in [-0.4, -0.2) is 31.5 Å². The molecule has 1 rings (SSSR count). The predicted molar refractivity (Wildman–Crippen MR) is 62.0 cm³/mol. The average molecular weight is 221 g/mol. The summed E-state index contributed by atoms with van der Waals surface area (Å²) in [6.45, 7) is 1.41. The van der Waals surface area contributed by atoms with Crippen molar-refractivity contribution in [2.45, 2.75) is 0 Å². The molecule has 0 aliphatic heterocycles. The van der Waals surface area contributed by atoms with Gasteiger partial charge in [-0.2, -0.15) is 5.26 Å². The van der Waals surface area contributed by atoms with Crippen LogP contribution < -0.4 is 11.1 Å². The summed E-state index contributed by atoms with van der Waals surface area (Å²) < 4.78 is 5.08. The fourth-order valence-electron chi connectivity index (χ4n) is 1.20. The van der Waals surface area contributed by atoms with Crippen LogP contribution in [0.5, 0.6) is 0 Å². The largest absolute Gasteiger partial charge is 0.397 e. The van der Waals surface area contributed by atoms with Gasteiger partial charge < -0.3 is 20.9 Å². The normalized spacial score (nSPS) is 9.75. The summed E-state index contributed by atoms with van der Waals surface area (Å²) in [6, 6.07) is 7.10. The summed E-state index contributed by atoms with van der Waals surface area (Å²) in [5, 5.41) is 20.3. The molecule has 0 atom stereocenters. The third-order valence-corrected chi connectivity index (χ3v) is 1.98. The highest BCUT2D eigenvalue weighted by Gasteiger charge is 1.99. The van der Waals surface area contributed by atoms with E-state index in [0.29, 0.717) is 31.0 Å². The lowest BCUT2D eigenvalue weighted by Gasteiger charge is -2.09. The zero-order valence-corrected chi connectivity index (χ0v) is 8.94. The highest BCUT2D eigenvalue weighted by atomic mass is 16.5. The third kappa shape index (κ3) is 3.77. The molecule has 0 amide bonds. The van der Waals surface area contributed by atoms with E-state index in [-0.39, 0.29) is 6.61 Å². The molecule has 0 heterocycles. The zero-order valence-electron chi connectivity index (χ0n) is 8.94. The summed E-state index contributed by atoms with van der Waals surface area (Å²) >= 11 is 0. The van der Waals surface area contributed by atoms with E-state index in [9.17, 15) is 0 Å². The fraction of sp³-hybridized carbons (Fsp3) is 0.364. The number of nitrogens with one attached hydrogen (secondary N) is 1. The molecule has 4 N–H and O–H groups in total. The van der Waals surface area contributed by atoms with Crippen LogP contribution in [0.3, 0.4) is 0 Å². The monoisotopic (exact) mass is 221 g/mol. The minimum atomic E-state index is 0.0199. The second kappa shape index (κ2) is 6.67. The van der Waals surface area contributed by atoms with E-state index >= 15 is 0 Å². The van der Waals surface area contributed by atoms with E-state index in [2.05, 4.69) is 5.32 Å². The van der Waals surface area contributed by atoms with E-state index in [0.717, 1.165) is 5.69 Å². The maximum absolute atomic E-state index is 8.72. The smallest absolute Gasteiger partial charge is 0.0992 e. The van der Waals surface area contributed by atoms with Crippen LogP contribution in [0.2, 0.25) is 0 Å². The quantitative estimate of drug-likeness (QED) is 0.482. The lowest BCUT2D eigenvalue weighted by atomic mass is 10.2. The van der Waals surface area contributed by atoms with Crippen molar-refractivity contribution in [3.63, 3.8) is 0 Å². The first-order chi connectivity index (χ1) is 7.77. The number of nitrogen functional groups attached to an aromatic ring is 1. The van der Waals surface area contributed by atoms with Crippen molar-refractivity contribution in [1.82, 2.24) is 0 Å². The first-order valence-electron chi connectivity index (χ1n) is 5.00. The molecule has 16 heavy (non-hydrogen) atoms. The number of rotatable bonds is 6. The van der Waals surface area contributed by atoms with Gasteiger partial charge >= 0.3 is 0 Å². The van der Waals surface area contributed by atoms with Crippen LogP contribution in [0, 0.1) is 11.3 Å². The van der Waals surface area contributed by atoms with Crippen molar-refractivity contribution in [2.24, 2.45) is 0 Å². The topological polar surface area (TPSA) is 91.3 Å². The van der Waals surface area contributed by atoms with Crippen LogP contribution >= 0.6 is 0 Å². The van der Waals surface area contributed by atoms with Crippen molar-refractivity contribution in [2.75, 3.05) is 37.4 Å². The number of aliphatic hydroxyl groups excluding tert-OH is 1. The fourth-order valence-corrected chi connectivity index (χ4v) is 1.20. The highest BCUT2D eigenvalue weighted by molar-refractivity contribution is 5.68. The van der Waals surface area contributed by atoms with Crippen molar-refractivity contribution in [1.29, 1.82) is 5.26 Å². The Bertz CT molecular complexity index is 374. The van der Waals surface area contributed by atoms with Gasteiger partial charge in [0.15, 0.2) is 0 Å². The van der Waals surface area contributed by atoms with E-state index < -0.39 is 0 Å². The molecule has 0 aliphatic rings. The standard InChI is InChI=1S/C11H15N3O2/c12-8-9-1-2-10(13)11(7-9)14-3-5-16-6-4-15/h1-2,7,14-15H,3-6,13H2. The summed E-state index contributed by atoms with van der Waals surface area (Å²) in [4.78, 5) is 0. The number of nitriles is 1. The molecule has 0 saturated carbocycles. The second-order valence-electron chi connectivity index (χ2n) is 3.18. The Morgan fingerprint density at radius 3 is 2.94 bits per heavy atom. The molecular formula is C11H15N3O2. The summed E-state index contributed by atoms with van der Waals surface area (Å²) in [5.41, 5.74) is 7.62. The molecule has 1 aromatic carbocycles. The van der Waals surface area contributed by atoms with Gasteiger partial charge in [-0.25, -0.2) is 0 Å². The Labute approximate surface area is 94.4 Å². The zero-order chi connectivity index (χ0) is 11.8. The number of benzene rings is 1. The number of nitrogens with two attached hydrogens (primary N) is 1. The highest BCUT2D eigenvalue weighted by Crippen LogP contribution is 2.19. The van der Waals surface area contributed by atoms with Gasteiger partial charge in [0.25, 0.3) is 0 Å². The van der Waals surface area contributed by atoms with Gasteiger partial charge in [0, 0.05) is 6.54 Å². The van der Waals surface area contributed by atoms with Gasteiger partial charge in [-0.15, -0.1) is 0 Å². The average Bonchev–Trinajstić information content (AvgIpc) is 2.31. The van der Waals surface area contributed by atoms with Crippen molar-refractivity contribution in [3.8, 4) is 6.07 Å². The molecule has 5 heteroatoms. The van der Waals surface area contributed by atoms with E-state index in [1.807, 2.05) is 6.07 Å². The van der Waals surface area contributed by atoms with Crippen LogP contribution in [0.1, 0.15) is 5.56 Å². The van der Waals surface area contributed by atoms with E-state index in [1.54, 1.807) is 18.2 Å². The van der Waals surface area contributed by atoms with Crippen molar-refractivity contribution < 1.29 is 9.84 Å². The molecule has 0 radical (unpaired) electrons.